The monoisotopic (exact) mass is 196 g/mol. The zero-order chi connectivity index (χ0) is 8.91. The van der Waals surface area contributed by atoms with Gasteiger partial charge in [0.15, 0.2) is 0 Å². The van der Waals surface area contributed by atoms with Crippen LogP contribution in [0.4, 0.5) is 0 Å². The van der Waals surface area contributed by atoms with Crippen molar-refractivity contribution in [2.24, 2.45) is 0 Å². The third-order valence-electron chi connectivity index (χ3n) is 1.66. The number of halogens is 2. The molecule has 0 heterocycles. The molecule has 0 aliphatic heterocycles. The molecule has 0 spiro atoms. The SMILES string of the molecule is CCCCCC(C)(Cl)C(=O)Cl. The first-order valence-electron chi connectivity index (χ1n) is 3.89. The summed E-state index contributed by atoms with van der Waals surface area (Å²) < 4.78 is 0. The van der Waals surface area contributed by atoms with Gasteiger partial charge < -0.3 is 0 Å². The van der Waals surface area contributed by atoms with Crippen molar-refractivity contribution in [1.29, 1.82) is 0 Å². The predicted molar refractivity (Wildman–Crippen MR) is 49.3 cm³/mol. The number of unbranched alkanes of at least 4 members (excludes halogenated alkanes) is 2. The molecule has 0 saturated carbocycles. The van der Waals surface area contributed by atoms with E-state index < -0.39 is 10.1 Å². The van der Waals surface area contributed by atoms with Gasteiger partial charge in [-0.3, -0.25) is 4.79 Å². The summed E-state index contributed by atoms with van der Waals surface area (Å²) in [5, 5.41) is -0.449. The van der Waals surface area contributed by atoms with E-state index in [2.05, 4.69) is 6.92 Å². The highest BCUT2D eigenvalue weighted by Crippen LogP contribution is 2.24. The van der Waals surface area contributed by atoms with Crippen LogP contribution in [-0.2, 0) is 4.79 Å². The fourth-order valence-corrected chi connectivity index (χ4v) is 1.03. The van der Waals surface area contributed by atoms with Gasteiger partial charge in [-0.15, -0.1) is 11.6 Å². The number of hydrogen-bond acceptors (Lipinski definition) is 1. The molecule has 1 unspecified atom stereocenters. The van der Waals surface area contributed by atoms with Crippen LogP contribution in [0, 0.1) is 0 Å². The lowest BCUT2D eigenvalue weighted by atomic mass is 10.0. The minimum atomic E-state index is -0.850. The van der Waals surface area contributed by atoms with Crippen molar-refractivity contribution in [3.8, 4) is 0 Å². The Balaban J connectivity index is 3.64. The maximum absolute atomic E-state index is 10.7. The van der Waals surface area contributed by atoms with Crippen LogP contribution in [0.5, 0.6) is 0 Å². The number of carbonyl (C=O) groups is 1. The van der Waals surface area contributed by atoms with Gasteiger partial charge in [0.25, 0.3) is 0 Å². The molecular weight excluding hydrogens is 183 g/mol. The highest BCUT2D eigenvalue weighted by Gasteiger charge is 2.27. The van der Waals surface area contributed by atoms with E-state index >= 15 is 0 Å². The van der Waals surface area contributed by atoms with Crippen LogP contribution < -0.4 is 0 Å². The van der Waals surface area contributed by atoms with E-state index in [1.165, 1.54) is 0 Å². The Hall–Kier alpha value is 0.250. The standard InChI is InChI=1S/C8H14Cl2O/c1-3-4-5-6-8(2,10)7(9)11/h3-6H2,1-2H3. The normalized spacial score (nSPS) is 16.0. The summed E-state index contributed by atoms with van der Waals surface area (Å²) in [6.45, 7) is 3.77. The van der Waals surface area contributed by atoms with Crippen molar-refractivity contribution in [2.75, 3.05) is 0 Å². The summed E-state index contributed by atoms with van der Waals surface area (Å²) >= 11 is 11.1. The molecule has 0 rings (SSSR count). The molecule has 0 aromatic carbocycles. The Bertz CT molecular complexity index is 132. The number of rotatable bonds is 5. The van der Waals surface area contributed by atoms with Gasteiger partial charge in [0, 0.05) is 0 Å². The van der Waals surface area contributed by atoms with E-state index in [-0.39, 0.29) is 0 Å². The molecule has 0 aromatic heterocycles. The summed E-state index contributed by atoms with van der Waals surface area (Å²) in [6, 6.07) is 0. The quantitative estimate of drug-likeness (QED) is 0.375. The predicted octanol–water partition coefficient (Wildman–Crippen LogP) is 3.33. The summed E-state index contributed by atoms with van der Waals surface area (Å²) in [7, 11) is 0. The molecule has 0 N–H and O–H groups in total. The molecule has 0 amide bonds. The Morgan fingerprint density at radius 3 is 2.36 bits per heavy atom. The molecule has 0 bridgehead atoms. The molecule has 11 heavy (non-hydrogen) atoms. The first kappa shape index (κ1) is 11.2. The Morgan fingerprint density at radius 1 is 1.45 bits per heavy atom. The lowest BCUT2D eigenvalue weighted by Gasteiger charge is -2.15. The second kappa shape index (κ2) is 5.00. The van der Waals surface area contributed by atoms with E-state index in [9.17, 15) is 4.79 Å². The van der Waals surface area contributed by atoms with E-state index in [1.807, 2.05) is 0 Å². The molecule has 0 radical (unpaired) electrons. The van der Waals surface area contributed by atoms with E-state index in [4.69, 9.17) is 23.2 Å². The van der Waals surface area contributed by atoms with Crippen LogP contribution >= 0.6 is 23.2 Å². The number of hydrogen-bond donors (Lipinski definition) is 0. The van der Waals surface area contributed by atoms with Gasteiger partial charge in [0.2, 0.25) is 5.24 Å². The molecule has 1 nitrogen and oxygen atoms in total. The second-order valence-corrected chi connectivity index (χ2v) is 4.11. The minimum absolute atomic E-state index is 0.449. The highest BCUT2D eigenvalue weighted by molar-refractivity contribution is 6.70. The second-order valence-electron chi connectivity index (χ2n) is 2.93. The molecule has 0 aromatic rings. The lowest BCUT2D eigenvalue weighted by molar-refractivity contribution is -0.113. The van der Waals surface area contributed by atoms with Gasteiger partial charge in [-0.2, -0.15) is 0 Å². The smallest absolute Gasteiger partial charge is 0.242 e. The molecule has 0 saturated heterocycles. The van der Waals surface area contributed by atoms with Crippen LogP contribution in [0.1, 0.15) is 39.5 Å². The van der Waals surface area contributed by atoms with Gasteiger partial charge in [0.05, 0.1) is 0 Å². The van der Waals surface area contributed by atoms with Crippen molar-refractivity contribution in [3.05, 3.63) is 0 Å². The van der Waals surface area contributed by atoms with Gasteiger partial charge >= 0.3 is 0 Å². The van der Waals surface area contributed by atoms with E-state index in [0.717, 1.165) is 19.3 Å². The zero-order valence-electron chi connectivity index (χ0n) is 6.99. The zero-order valence-corrected chi connectivity index (χ0v) is 8.50. The lowest BCUT2D eigenvalue weighted by Crippen LogP contribution is -2.24. The van der Waals surface area contributed by atoms with Crippen molar-refractivity contribution in [1.82, 2.24) is 0 Å². The van der Waals surface area contributed by atoms with Gasteiger partial charge in [-0.05, 0) is 24.9 Å². The average Bonchev–Trinajstić information content (AvgIpc) is 1.88. The van der Waals surface area contributed by atoms with Crippen molar-refractivity contribution < 1.29 is 4.79 Å². The van der Waals surface area contributed by atoms with Crippen LogP contribution in [0.3, 0.4) is 0 Å². The first-order chi connectivity index (χ1) is 5.00. The van der Waals surface area contributed by atoms with Crippen LogP contribution in [0.15, 0.2) is 0 Å². The number of carbonyl (C=O) groups excluding carboxylic acids is 1. The van der Waals surface area contributed by atoms with Crippen LogP contribution in [0.2, 0.25) is 0 Å². The van der Waals surface area contributed by atoms with Gasteiger partial charge in [-0.1, -0.05) is 26.2 Å². The fourth-order valence-electron chi connectivity index (χ4n) is 0.805. The molecule has 3 heteroatoms. The molecule has 66 valence electrons. The minimum Gasteiger partial charge on any atom is -0.279 e. The molecule has 0 aliphatic rings. The third kappa shape index (κ3) is 4.65. The maximum Gasteiger partial charge on any atom is 0.242 e. The number of alkyl halides is 1. The van der Waals surface area contributed by atoms with Crippen molar-refractivity contribution in [3.63, 3.8) is 0 Å². The molecule has 0 fully saturated rings. The Labute approximate surface area is 78.1 Å². The third-order valence-corrected chi connectivity index (χ3v) is 2.53. The van der Waals surface area contributed by atoms with E-state index in [1.54, 1.807) is 6.92 Å². The Morgan fingerprint density at radius 2 is 2.00 bits per heavy atom. The Kier molecular flexibility index (Phi) is 5.11. The summed E-state index contributed by atoms with van der Waals surface area (Å²) in [5.74, 6) is 0. The van der Waals surface area contributed by atoms with Gasteiger partial charge in [-0.25, -0.2) is 0 Å². The van der Waals surface area contributed by atoms with E-state index in [0.29, 0.717) is 6.42 Å². The fraction of sp³-hybridized carbons (Fsp3) is 0.875. The average molecular weight is 197 g/mol. The van der Waals surface area contributed by atoms with Crippen molar-refractivity contribution in [2.45, 2.75) is 44.4 Å². The van der Waals surface area contributed by atoms with Crippen LogP contribution in [-0.4, -0.2) is 10.1 Å². The van der Waals surface area contributed by atoms with Crippen molar-refractivity contribution >= 4 is 28.4 Å². The maximum atomic E-state index is 10.7. The molecule has 1 atom stereocenters. The summed E-state index contributed by atoms with van der Waals surface area (Å²) in [6.07, 6.45) is 3.87. The highest BCUT2D eigenvalue weighted by atomic mass is 35.5. The summed E-state index contributed by atoms with van der Waals surface area (Å²) in [5.41, 5.74) is 0. The first-order valence-corrected chi connectivity index (χ1v) is 4.65. The molecule has 0 aliphatic carbocycles. The topological polar surface area (TPSA) is 17.1 Å². The largest absolute Gasteiger partial charge is 0.279 e. The molecular formula is C8H14Cl2O. The van der Waals surface area contributed by atoms with Gasteiger partial charge in [0.1, 0.15) is 4.87 Å². The van der Waals surface area contributed by atoms with Crippen LogP contribution in [0.25, 0.3) is 0 Å². The summed E-state index contributed by atoms with van der Waals surface area (Å²) in [4.78, 5) is 9.84.